The van der Waals surface area contributed by atoms with E-state index < -0.39 is 0 Å². The maximum absolute atomic E-state index is 12.0. The van der Waals surface area contributed by atoms with Gasteiger partial charge in [-0.2, -0.15) is 0 Å². The van der Waals surface area contributed by atoms with Gasteiger partial charge < -0.3 is 4.74 Å². The molecule has 0 heterocycles. The highest BCUT2D eigenvalue weighted by atomic mass is 35.5. The molecule has 0 N–H and O–H groups in total. The minimum absolute atomic E-state index is 0.0115. The Kier molecular flexibility index (Phi) is 4.99. The molecule has 94 valence electrons. The van der Waals surface area contributed by atoms with Crippen LogP contribution in [-0.2, 0) is 4.74 Å². The summed E-state index contributed by atoms with van der Waals surface area (Å²) >= 11 is 11.8. The molecule has 4 heteroatoms. The van der Waals surface area contributed by atoms with Crippen molar-refractivity contribution in [3.63, 3.8) is 0 Å². The van der Waals surface area contributed by atoms with Gasteiger partial charge in [0.25, 0.3) is 0 Å². The number of hydrogen-bond acceptors (Lipinski definition) is 2. The highest BCUT2D eigenvalue weighted by molar-refractivity contribution is 6.35. The highest BCUT2D eigenvalue weighted by Gasteiger charge is 2.19. The molecule has 0 aliphatic rings. The Morgan fingerprint density at radius 3 is 2.59 bits per heavy atom. The van der Waals surface area contributed by atoms with Crippen molar-refractivity contribution in [2.75, 3.05) is 7.11 Å². The van der Waals surface area contributed by atoms with Crippen LogP contribution in [0, 0.1) is 0 Å². The van der Waals surface area contributed by atoms with Crippen LogP contribution in [0.5, 0.6) is 0 Å². The Morgan fingerprint density at radius 1 is 1.35 bits per heavy atom. The monoisotopic (exact) mass is 274 g/mol. The summed E-state index contributed by atoms with van der Waals surface area (Å²) < 4.78 is 5.27. The number of ether oxygens (including phenoxy) is 1. The third-order valence-corrected chi connectivity index (χ3v) is 3.30. The number of Topliss-reactive ketones (excluding diaryl/α,β-unsaturated/α-hetero) is 1. The van der Waals surface area contributed by atoms with Gasteiger partial charge in [-0.1, -0.05) is 23.2 Å². The van der Waals surface area contributed by atoms with Crippen LogP contribution in [0.15, 0.2) is 18.2 Å². The first-order valence-corrected chi connectivity index (χ1v) is 6.15. The van der Waals surface area contributed by atoms with Gasteiger partial charge in [-0.15, -0.1) is 0 Å². The molecule has 1 rings (SSSR count). The Labute approximate surface area is 112 Å². The molecule has 2 nitrogen and oxygen atoms in total. The summed E-state index contributed by atoms with van der Waals surface area (Å²) in [6.07, 6.45) is 1.03. The molecule has 0 atom stereocenters. The molecule has 0 fully saturated rings. The van der Waals surface area contributed by atoms with Crippen LogP contribution in [0.3, 0.4) is 0 Å². The molecule has 0 amide bonds. The number of benzene rings is 1. The van der Waals surface area contributed by atoms with Gasteiger partial charge in [0.1, 0.15) is 0 Å². The average Bonchev–Trinajstić information content (AvgIpc) is 2.29. The molecule has 0 aliphatic heterocycles. The van der Waals surface area contributed by atoms with Gasteiger partial charge in [0, 0.05) is 24.1 Å². The summed E-state index contributed by atoms with van der Waals surface area (Å²) in [6, 6.07) is 4.91. The van der Waals surface area contributed by atoms with Crippen LogP contribution >= 0.6 is 23.2 Å². The predicted molar refractivity (Wildman–Crippen MR) is 71.1 cm³/mol. The van der Waals surface area contributed by atoms with Crippen molar-refractivity contribution >= 4 is 29.0 Å². The van der Waals surface area contributed by atoms with Gasteiger partial charge >= 0.3 is 0 Å². The molecular weight excluding hydrogens is 259 g/mol. The van der Waals surface area contributed by atoms with Crippen molar-refractivity contribution in [2.45, 2.75) is 32.3 Å². The standard InChI is InChI=1S/C13H16Cl2O2/c1-13(2,17-3)7-6-12(16)10-8-9(14)4-5-11(10)15/h4-5,8H,6-7H2,1-3H3. The third kappa shape index (κ3) is 4.30. The van der Waals surface area contributed by atoms with E-state index in [9.17, 15) is 4.79 Å². The molecule has 0 bridgehead atoms. The lowest BCUT2D eigenvalue weighted by atomic mass is 9.98. The summed E-state index contributed by atoms with van der Waals surface area (Å²) in [6.45, 7) is 3.89. The maximum atomic E-state index is 12.0. The lowest BCUT2D eigenvalue weighted by Crippen LogP contribution is -2.23. The number of methoxy groups -OCH3 is 1. The molecule has 0 saturated heterocycles. The largest absolute Gasteiger partial charge is 0.379 e. The second-order valence-corrected chi connectivity index (χ2v) is 5.35. The maximum Gasteiger partial charge on any atom is 0.164 e. The van der Waals surface area contributed by atoms with E-state index in [0.29, 0.717) is 28.5 Å². The van der Waals surface area contributed by atoms with Gasteiger partial charge in [0.2, 0.25) is 0 Å². The van der Waals surface area contributed by atoms with Crippen LogP contribution in [-0.4, -0.2) is 18.5 Å². The summed E-state index contributed by atoms with van der Waals surface area (Å²) in [5.41, 5.74) is 0.173. The van der Waals surface area contributed by atoms with Crippen LogP contribution in [0.1, 0.15) is 37.0 Å². The van der Waals surface area contributed by atoms with Gasteiger partial charge in [-0.05, 0) is 38.5 Å². The number of halogens is 2. The Bertz CT molecular complexity index is 414. The van der Waals surface area contributed by atoms with Crippen molar-refractivity contribution in [3.05, 3.63) is 33.8 Å². The quantitative estimate of drug-likeness (QED) is 0.745. The summed E-state index contributed by atoms with van der Waals surface area (Å²) in [4.78, 5) is 12.0. The van der Waals surface area contributed by atoms with Gasteiger partial charge in [-0.25, -0.2) is 0 Å². The summed E-state index contributed by atoms with van der Waals surface area (Å²) in [5, 5.41) is 0.957. The van der Waals surface area contributed by atoms with E-state index in [4.69, 9.17) is 27.9 Å². The Morgan fingerprint density at radius 2 is 2.00 bits per heavy atom. The fourth-order valence-electron chi connectivity index (χ4n) is 1.36. The number of rotatable bonds is 5. The lowest BCUT2D eigenvalue weighted by Gasteiger charge is -2.22. The number of carbonyl (C=O) groups excluding carboxylic acids is 1. The van der Waals surface area contributed by atoms with E-state index in [1.54, 1.807) is 25.3 Å². The second kappa shape index (κ2) is 5.85. The third-order valence-electron chi connectivity index (χ3n) is 2.74. The molecule has 0 spiro atoms. The second-order valence-electron chi connectivity index (χ2n) is 4.51. The van der Waals surface area contributed by atoms with Crippen molar-refractivity contribution in [1.82, 2.24) is 0 Å². The first kappa shape index (κ1) is 14.5. The molecule has 0 aromatic heterocycles. The fourth-order valence-corrected chi connectivity index (χ4v) is 1.76. The average molecular weight is 275 g/mol. The van der Waals surface area contributed by atoms with Crippen molar-refractivity contribution < 1.29 is 9.53 Å². The van der Waals surface area contributed by atoms with E-state index in [0.717, 1.165) is 0 Å². The first-order chi connectivity index (χ1) is 7.85. The molecule has 1 aromatic rings. The zero-order chi connectivity index (χ0) is 13.1. The summed E-state index contributed by atoms with van der Waals surface area (Å²) in [7, 11) is 1.64. The van der Waals surface area contributed by atoms with E-state index in [1.165, 1.54) is 0 Å². The lowest BCUT2D eigenvalue weighted by molar-refractivity contribution is 0.0141. The van der Waals surface area contributed by atoms with Crippen LogP contribution < -0.4 is 0 Å². The topological polar surface area (TPSA) is 26.3 Å². The molecule has 0 saturated carbocycles. The molecular formula is C13H16Cl2O2. The van der Waals surface area contributed by atoms with Crippen molar-refractivity contribution in [1.29, 1.82) is 0 Å². The van der Waals surface area contributed by atoms with Crippen LogP contribution in [0.2, 0.25) is 10.0 Å². The smallest absolute Gasteiger partial charge is 0.164 e. The Balaban J connectivity index is 2.74. The molecule has 1 aromatic carbocycles. The number of carbonyl (C=O) groups is 1. The van der Waals surface area contributed by atoms with Gasteiger partial charge in [0.05, 0.1) is 10.6 Å². The number of ketones is 1. The normalized spacial score (nSPS) is 11.6. The SMILES string of the molecule is COC(C)(C)CCC(=O)c1cc(Cl)ccc1Cl. The fraction of sp³-hybridized carbons (Fsp3) is 0.462. The zero-order valence-corrected chi connectivity index (χ0v) is 11.7. The van der Waals surface area contributed by atoms with Gasteiger partial charge in [-0.3, -0.25) is 4.79 Å². The van der Waals surface area contributed by atoms with E-state index in [1.807, 2.05) is 13.8 Å². The van der Waals surface area contributed by atoms with E-state index in [-0.39, 0.29) is 11.4 Å². The van der Waals surface area contributed by atoms with E-state index >= 15 is 0 Å². The number of hydrogen-bond donors (Lipinski definition) is 0. The van der Waals surface area contributed by atoms with Crippen molar-refractivity contribution in [3.8, 4) is 0 Å². The van der Waals surface area contributed by atoms with Gasteiger partial charge in [0.15, 0.2) is 5.78 Å². The predicted octanol–water partition coefficient (Wildman–Crippen LogP) is 4.38. The molecule has 0 radical (unpaired) electrons. The van der Waals surface area contributed by atoms with Crippen molar-refractivity contribution in [2.24, 2.45) is 0 Å². The minimum Gasteiger partial charge on any atom is -0.379 e. The van der Waals surface area contributed by atoms with E-state index in [2.05, 4.69) is 0 Å². The Hall–Kier alpha value is -0.570. The molecule has 17 heavy (non-hydrogen) atoms. The minimum atomic E-state index is -0.305. The zero-order valence-electron chi connectivity index (χ0n) is 10.2. The highest BCUT2D eigenvalue weighted by Crippen LogP contribution is 2.24. The van der Waals surface area contributed by atoms with Crippen LogP contribution in [0.25, 0.3) is 0 Å². The van der Waals surface area contributed by atoms with Crippen LogP contribution in [0.4, 0.5) is 0 Å². The molecule has 0 unspecified atom stereocenters. The molecule has 0 aliphatic carbocycles. The summed E-state index contributed by atoms with van der Waals surface area (Å²) in [5.74, 6) is -0.0115. The first-order valence-electron chi connectivity index (χ1n) is 5.39.